The van der Waals surface area contributed by atoms with Crippen LogP contribution in [0.25, 0.3) is 0 Å². The van der Waals surface area contributed by atoms with Crippen molar-refractivity contribution in [3.8, 4) is 0 Å². The summed E-state index contributed by atoms with van der Waals surface area (Å²) in [5.41, 5.74) is -1.16. The molecule has 1 aromatic carbocycles. The number of benzene rings is 1. The highest BCUT2D eigenvalue weighted by Gasteiger charge is 2.26. The zero-order valence-electron chi connectivity index (χ0n) is 20.8. The van der Waals surface area contributed by atoms with Gasteiger partial charge in [-0.05, 0) is 72.1 Å². The van der Waals surface area contributed by atoms with E-state index >= 15 is 0 Å². The third-order valence-electron chi connectivity index (χ3n) is 4.04. The van der Waals surface area contributed by atoms with Gasteiger partial charge >= 0.3 is 18.2 Å². The lowest BCUT2D eigenvalue weighted by Crippen LogP contribution is -2.44. The summed E-state index contributed by atoms with van der Waals surface area (Å²) in [6, 6.07) is 4.33. The van der Waals surface area contributed by atoms with E-state index in [9.17, 15) is 29.3 Å². The van der Waals surface area contributed by atoms with Crippen LogP contribution >= 0.6 is 0 Å². The number of non-ortho nitro benzene ring substituents is 1. The fraction of sp³-hybridized carbons (Fsp3) is 0.565. The lowest BCUT2D eigenvalue weighted by atomic mass is 10.1. The van der Waals surface area contributed by atoms with Gasteiger partial charge in [0.15, 0.2) is 0 Å². The molecule has 0 aliphatic rings. The van der Waals surface area contributed by atoms with Crippen LogP contribution in [0.2, 0.25) is 0 Å². The first-order valence-electron chi connectivity index (χ1n) is 11.0. The van der Waals surface area contributed by atoms with Gasteiger partial charge in [-0.3, -0.25) is 20.2 Å². The summed E-state index contributed by atoms with van der Waals surface area (Å²) in [4.78, 5) is 58.7. The van der Waals surface area contributed by atoms with Crippen LogP contribution in [0.3, 0.4) is 0 Å². The number of hydrogen-bond acceptors (Lipinski definition) is 9. The Kier molecular flexibility index (Phi) is 10.6. The number of nitro benzene ring substituents is 1. The van der Waals surface area contributed by atoms with E-state index in [2.05, 4.69) is 10.6 Å². The number of hydrogen-bond donors (Lipinski definition) is 2. The third kappa shape index (κ3) is 12.9. The third-order valence-corrected chi connectivity index (χ3v) is 4.04. The van der Waals surface area contributed by atoms with E-state index in [1.165, 1.54) is 24.3 Å². The molecule has 1 atom stereocenters. The van der Waals surface area contributed by atoms with Crippen LogP contribution in [0.4, 0.5) is 15.3 Å². The molecule has 0 spiro atoms. The first-order valence-corrected chi connectivity index (χ1v) is 11.0. The molecule has 0 aromatic heterocycles. The summed E-state index contributed by atoms with van der Waals surface area (Å²) in [5, 5.41) is 15.3. The van der Waals surface area contributed by atoms with Gasteiger partial charge in [-0.25, -0.2) is 14.4 Å². The number of amides is 3. The van der Waals surface area contributed by atoms with Crippen molar-refractivity contribution in [2.45, 2.75) is 84.7 Å². The number of rotatable bonds is 9. The fourth-order valence-electron chi connectivity index (χ4n) is 2.61. The van der Waals surface area contributed by atoms with E-state index in [1.54, 1.807) is 41.5 Å². The van der Waals surface area contributed by atoms with Crippen molar-refractivity contribution < 1.29 is 38.3 Å². The number of esters is 1. The molecule has 0 aliphatic carbocycles. The van der Waals surface area contributed by atoms with Crippen LogP contribution in [-0.4, -0.2) is 46.2 Å². The Balaban J connectivity index is 2.71. The molecule has 2 N–H and O–H groups in total. The molecule has 0 aliphatic heterocycles. The minimum Gasteiger partial charge on any atom is -0.459 e. The molecule has 1 rings (SSSR count). The Morgan fingerprint density at radius 2 is 1.49 bits per heavy atom. The summed E-state index contributed by atoms with van der Waals surface area (Å²) in [7, 11) is 0. The van der Waals surface area contributed by atoms with E-state index in [0.717, 1.165) is 0 Å². The van der Waals surface area contributed by atoms with Gasteiger partial charge < -0.3 is 19.5 Å². The van der Waals surface area contributed by atoms with Crippen LogP contribution in [0, 0.1) is 10.1 Å². The zero-order chi connectivity index (χ0) is 26.8. The van der Waals surface area contributed by atoms with Crippen molar-refractivity contribution in [3.63, 3.8) is 0 Å². The maximum Gasteiger partial charge on any atom is 0.414 e. The van der Waals surface area contributed by atoms with E-state index < -0.39 is 46.2 Å². The summed E-state index contributed by atoms with van der Waals surface area (Å²) in [5.74, 6) is -1.38. The second-order valence-corrected chi connectivity index (χ2v) is 9.67. The minimum absolute atomic E-state index is 0.0279. The molecule has 0 unspecified atom stereocenters. The predicted molar refractivity (Wildman–Crippen MR) is 124 cm³/mol. The lowest BCUT2D eigenvalue weighted by molar-refractivity contribution is -0.384. The molecule has 3 amide bonds. The van der Waals surface area contributed by atoms with E-state index in [4.69, 9.17) is 14.2 Å². The van der Waals surface area contributed by atoms with Gasteiger partial charge in [0, 0.05) is 18.6 Å². The molecule has 0 fully saturated rings. The van der Waals surface area contributed by atoms with Gasteiger partial charge in [-0.2, -0.15) is 0 Å². The standard InChI is InChI=1S/C23H33N3O9/c1-22(2,3)34-20(29)24-17(8-7-9-18(27)25-21(30)35-23(4,5)6)19(28)33-14-15-10-12-16(13-11-15)26(31)32/h10-13,17H,7-9,14H2,1-6H3,(H,24,29)(H,25,27,30)/t17-/m0/s1. The summed E-state index contributed by atoms with van der Waals surface area (Å²) < 4.78 is 15.4. The quantitative estimate of drug-likeness (QED) is 0.225. The molecular weight excluding hydrogens is 462 g/mol. The smallest absolute Gasteiger partial charge is 0.414 e. The van der Waals surface area contributed by atoms with Gasteiger partial charge in [0.2, 0.25) is 5.91 Å². The normalized spacial score (nSPS) is 12.2. The molecular formula is C23H33N3O9. The van der Waals surface area contributed by atoms with Crippen molar-refractivity contribution >= 4 is 29.8 Å². The highest BCUT2D eigenvalue weighted by molar-refractivity contribution is 5.91. The summed E-state index contributed by atoms with van der Waals surface area (Å²) >= 11 is 0. The van der Waals surface area contributed by atoms with Gasteiger partial charge in [0.25, 0.3) is 5.69 Å². The molecule has 12 heteroatoms. The van der Waals surface area contributed by atoms with E-state index in [1.807, 2.05) is 0 Å². The number of carbonyl (C=O) groups excluding carboxylic acids is 4. The number of alkyl carbamates (subject to hydrolysis) is 2. The number of nitrogens with one attached hydrogen (secondary N) is 2. The van der Waals surface area contributed by atoms with Crippen molar-refractivity contribution in [3.05, 3.63) is 39.9 Å². The maximum absolute atomic E-state index is 12.6. The molecule has 0 radical (unpaired) electrons. The first kappa shape index (κ1) is 29.3. The SMILES string of the molecule is CC(C)(C)OC(=O)NC(=O)CCC[C@H](NC(=O)OC(C)(C)C)C(=O)OCc1ccc([N+](=O)[O-])cc1. The largest absolute Gasteiger partial charge is 0.459 e. The highest BCUT2D eigenvalue weighted by Crippen LogP contribution is 2.14. The molecule has 0 saturated heterocycles. The number of imide groups is 1. The topological polar surface area (TPSA) is 163 Å². The zero-order valence-corrected chi connectivity index (χ0v) is 20.8. The molecule has 0 heterocycles. The van der Waals surface area contributed by atoms with Crippen LogP contribution in [0.1, 0.15) is 66.4 Å². The Morgan fingerprint density at radius 1 is 0.943 bits per heavy atom. The first-order chi connectivity index (χ1) is 16.1. The summed E-state index contributed by atoms with van der Waals surface area (Å²) in [6.07, 6.45) is -1.66. The van der Waals surface area contributed by atoms with Crippen LogP contribution in [-0.2, 0) is 30.4 Å². The second kappa shape index (κ2) is 12.7. The Bertz CT molecular complexity index is 916. The Labute approximate surface area is 203 Å². The number of carbonyl (C=O) groups is 4. The monoisotopic (exact) mass is 495 g/mol. The van der Waals surface area contributed by atoms with Crippen LogP contribution in [0.15, 0.2) is 24.3 Å². The molecule has 0 saturated carbocycles. The lowest BCUT2D eigenvalue weighted by Gasteiger charge is -2.23. The average Bonchev–Trinajstić information content (AvgIpc) is 2.68. The van der Waals surface area contributed by atoms with Gasteiger partial charge in [0.05, 0.1) is 4.92 Å². The van der Waals surface area contributed by atoms with Gasteiger partial charge in [0.1, 0.15) is 23.9 Å². The van der Waals surface area contributed by atoms with Crippen molar-refractivity contribution in [2.24, 2.45) is 0 Å². The average molecular weight is 496 g/mol. The molecule has 0 bridgehead atoms. The van der Waals surface area contributed by atoms with Crippen LogP contribution in [0.5, 0.6) is 0 Å². The van der Waals surface area contributed by atoms with Crippen molar-refractivity contribution in [2.75, 3.05) is 0 Å². The minimum atomic E-state index is -1.13. The van der Waals surface area contributed by atoms with E-state index in [0.29, 0.717) is 5.56 Å². The maximum atomic E-state index is 12.6. The van der Waals surface area contributed by atoms with Crippen molar-refractivity contribution in [1.29, 1.82) is 0 Å². The van der Waals surface area contributed by atoms with Gasteiger partial charge in [-0.15, -0.1) is 0 Å². The van der Waals surface area contributed by atoms with E-state index in [-0.39, 0.29) is 31.6 Å². The predicted octanol–water partition coefficient (Wildman–Crippen LogP) is 3.75. The molecule has 12 nitrogen and oxygen atoms in total. The number of nitrogens with zero attached hydrogens (tertiary/aromatic N) is 1. The van der Waals surface area contributed by atoms with Gasteiger partial charge in [-0.1, -0.05) is 0 Å². The van der Waals surface area contributed by atoms with Crippen LogP contribution < -0.4 is 10.6 Å². The highest BCUT2D eigenvalue weighted by atomic mass is 16.6. The number of ether oxygens (including phenoxy) is 3. The second-order valence-electron chi connectivity index (χ2n) is 9.67. The Hall–Kier alpha value is -3.70. The molecule has 1 aromatic rings. The summed E-state index contributed by atoms with van der Waals surface area (Å²) in [6.45, 7) is 9.79. The molecule has 35 heavy (non-hydrogen) atoms. The number of nitro groups is 1. The van der Waals surface area contributed by atoms with Crippen molar-refractivity contribution in [1.82, 2.24) is 10.6 Å². The Morgan fingerprint density at radius 3 is 2.00 bits per heavy atom. The fourth-order valence-corrected chi connectivity index (χ4v) is 2.61. The molecule has 194 valence electrons.